The number of fused-ring (bicyclic) bond motifs is 1. The fraction of sp³-hybridized carbons (Fsp3) is 0.314. The second-order valence-electron chi connectivity index (χ2n) is 16.9. The van der Waals surface area contributed by atoms with Crippen LogP contribution in [0.1, 0.15) is 54.1 Å². The minimum Gasteiger partial charge on any atom is -0.489 e. The molecule has 1 saturated carbocycles. The molecule has 2 aromatic heterocycles. The average Bonchev–Trinajstić information content (AvgIpc) is 4.02. The predicted molar refractivity (Wildman–Crippen MR) is 255 cm³/mol. The maximum Gasteiger partial charge on any atom is 0.408 e. The largest absolute Gasteiger partial charge is 0.489 e. The van der Waals surface area contributed by atoms with Crippen LogP contribution < -0.4 is 37.1 Å². The van der Waals surface area contributed by atoms with E-state index >= 15 is 0 Å². The van der Waals surface area contributed by atoms with Gasteiger partial charge in [-0.25, -0.2) is 9.78 Å². The smallest absolute Gasteiger partial charge is 0.408 e. The van der Waals surface area contributed by atoms with Gasteiger partial charge in [-0.2, -0.15) is 0 Å². The highest BCUT2D eigenvalue weighted by Gasteiger charge is 2.34. The van der Waals surface area contributed by atoms with Gasteiger partial charge < -0.3 is 56.5 Å². The lowest BCUT2D eigenvalue weighted by Crippen LogP contribution is -2.60. The number of aromatic amines is 2. The summed E-state index contributed by atoms with van der Waals surface area (Å²) in [7, 11) is 0. The maximum absolute atomic E-state index is 14.7. The molecule has 0 unspecified atom stereocenters. The molecule has 18 heteroatoms. The van der Waals surface area contributed by atoms with E-state index in [1.807, 2.05) is 84.9 Å². The Morgan fingerprint density at radius 2 is 1.25 bits per heavy atom. The minimum absolute atomic E-state index is 0.00372. The Kier molecular flexibility index (Phi) is 17.1. The molecule has 0 spiro atoms. The molecule has 4 aromatic carbocycles. The first kappa shape index (κ1) is 48.9. The van der Waals surface area contributed by atoms with E-state index in [-0.39, 0.29) is 38.6 Å². The van der Waals surface area contributed by atoms with Gasteiger partial charge in [-0.3, -0.25) is 24.0 Å². The van der Waals surface area contributed by atoms with Gasteiger partial charge in [0.05, 0.1) is 19.5 Å². The molecule has 6 amide bonds. The number of carbonyl (C=O) groups is 6. The van der Waals surface area contributed by atoms with Crippen molar-refractivity contribution in [1.82, 2.24) is 41.5 Å². The Labute approximate surface area is 398 Å². The van der Waals surface area contributed by atoms with E-state index in [4.69, 9.17) is 19.9 Å². The number of benzene rings is 4. The third kappa shape index (κ3) is 14.5. The Morgan fingerprint density at radius 1 is 0.652 bits per heavy atom. The SMILES string of the molecule is C[C@@H](NC(=O)[C@H](Cc1c[nH]c2ccccc12)NC(=O)[C@H](COCc1ccccc1)NC(=O)[C@H](Cc1ccc(OCc2ccccc2)cc1)NC(=O)[C@H](Cc1cnc[nH]1)NC(=O)OC1CCC1)C(N)=O. The zero-order valence-electron chi connectivity index (χ0n) is 38.2. The van der Waals surface area contributed by atoms with E-state index in [0.29, 0.717) is 42.0 Å². The quantitative estimate of drug-likeness (QED) is 0.0435. The average molecular weight is 940 g/mol. The van der Waals surface area contributed by atoms with Crippen LogP contribution >= 0.6 is 0 Å². The van der Waals surface area contributed by atoms with Gasteiger partial charge in [-0.1, -0.05) is 91.0 Å². The van der Waals surface area contributed by atoms with Gasteiger partial charge in [-0.15, -0.1) is 0 Å². The van der Waals surface area contributed by atoms with Crippen LogP contribution in [0.15, 0.2) is 128 Å². The minimum atomic E-state index is -1.42. The topological polar surface area (TPSA) is 261 Å². The fourth-order valence-electron chi connectivity index (χ4n) is 7.53. The number of ether oxygens (including phenoxy) is 3. The van der Waals surface area contributed by atoms with Crippen LogP contribution in [0, 0.1) is 0 Å². The van der Waals surface area contributed by atoms with Gasteiger partial charge >= 0.3 is 6.09 Å². The highest BCUT2D eigenvalue weighted by molar-refractivity contribution is 5.97. The van der Waals surface area contributed by atoms with Crippen LogP contribution in [0.5, 0.6) is 5.75 Å². The van der Waals surface area contributed by atoms with Crippen molar-refractivity contribution in [3.63, 3.8) is 0 Å². The molecule has 6 aromatic rings. The Morgan fingerprint density at radius 3 is 1.88 bits per heavy atom. The summed E-state index contributed by atoms with van der Waals surface area (Å²) in [5.41, 5.74) is 9.94. The second kappa shape index (κ2) is 24.2. The number of carbonyl (C=O) groups excluding carboxylic acids is 6. The molecule has 1 aliphatic rings. The van der Waals surface area contributed by atoms with Crippen LogP contribution in [0.25, 0.3) is 10.9 Å². The van der Waals surface area contributed by atoms with Gasteiger partial charge in [0.1, 0.15) is 48.7 Å². The normalized spacial score (nSPS) is 14.4. The number of nitrogens with one attached hydrogen (secondary N) is 7. The highest BCUT2D eigenvalue weighted by Crippen LogP contribution is 2.23. The number of alkyl carbamates (subject to hydrolysis) is 1. The van der Waals surface area contributed by atoms with E-state index in [9.17, 15) is 28.8 Å². The number of imidazole rings is 1. The van der Waals surface area contributed by atoms with Crippen molar-refractivity contribution in [1.29, 1.82) is 0 Å². The number of rotatable bonds is 24. The molecule has 7 rings (SSSR count). The van der Waals surface area contributed by atoms with E-state index in [0.717, 1.165) is 28.5 Å². The van der Waals surface area contributed by atoms with Crippen molar-refractivity contribution < 1.29 is 43.0 Å². The number of nitrogens with two attached hydrogens (primary N) is 1. The molecular formula is C51H57N9O9. The summed E-state index contributed by atoms with van der Waals surface area (Å²) in [6, 6.07) is 27.1. The number of aromatic nitrogens is 3. The van der Waals surface area contributed by atoms with Crippen LogP contribution in [0.4, 0.5) is 4.79 Å². The molecule has 0 radical (unpaired) electrons. The molecule has 9 N–H and O–H groups in total. The van der Waals surface area contributed by atoms with Gasteiger partial charge in [-0.05, 0) is 66.6 Å². The lowest BCUT2D eigenvalue weighted by molar-refractivity contribution is -0.135. The summed E-state index contributed by atoms with van der Waals surface area (Å²) in [6.07, 6.45) is 5.93. The molecule has 1 aliphatic carbocycles. The number of hydrogen-bond acceptors (Lipinski definition) is 10. The van der Waals surface area contributed by atoms with E-state index in [2.05, 4.69) is 41.5 Å². The van der Waals surface area contributed by atoms with E-state index in [1.165, 1.54) is 19.4 Å². The standard InChI is InChI=1S/C51H57N9O9/c1-32(46(52)61)56-47(62)43(24-36-26-54-41-18-9-8-17-40(36)41)58-50(65)45(30-67-28-34-11-4-2-5-12-34)59-48(63)42(23-33-19-21-38(22-20-33)68-29-35-13-6-3-7-14-35)57-49(64)44(25-37-27-53-31-55-37)60-51(66)69-39-15-10-16-39/h2-9,11-14,17-22,26-27,31-32,39,42-45,54H,10,15-16,23-25,28-30H2,1H3,(H2,52,61)(H,53,55)(H,56,62)(H,57,64)(H,58,65)(H,59,63)(H,60,66)/t32-,42+,43+,44+,45+/m1/s1. The molecule has 0 bridgehead atoms. The summed E-state index contributed by atoms with van der Waals surface area (Å²) < 4.78 is 17.5. The number of hydrogen-bond donors (Lipinski definition) is 8. The Hall–Kier alpha value is -7.99. The summed E-state index contributed by atoms with van der Waals surface area (Å²) in [5, 5.41) is 14.4. The summed E-state index contributed by atoms with van der Waals surface area (Å²) >= 11 is 0. The molecule has 69 heavy (non-hydrogen) atoms. The molecule has 5 atom stereocenters. The zero-order valence-corrected chi connectivity index (χ0v) is 38.2. The van der Waals surface area contributed by atoms with Gasteiger partial charge in [0.2, 0.25) is 29.5 Å². The fourth-order valence-corrected chi connectivity index (χ4v) is 7.53. The Bertz CT molecular complexity index is 2640. The lowest BCUT2D eigenvalue weighted by Gasteiger charge is -2.28. The van der Waals surface area contributed by atoms with E-state index < -0.39 is 65.8 Å². The first-order valence-corrected chi connectivity index (χ1v) is 22.8. The van der Waals surface area contributed by atoms with Crippen LogP contribution in [-0.4, -0.2) is 93.5 Å². The van der Waals surface area contributed by atoms with Crippen molar-refractivity contribution in [3.05, 3.63) is 156 Å². The molecule has 18 nitrogen and oxygen atoms in total. The summed E-state index contributed by atoms with van der Waals surface area (Å²) in [4.78, 5) is 92.6. The summed E-state index contributed by atoms with van der Waals surface area (Å²) in [6.45, 7) is 1.49. The maximum atomic E-state index is 14.7. The van der Waals surface area contributed by atoms with Crippen LogP contribution in [-0.2, 0) is 65.9 Å². The number of nitrogens with zero attached hydrogens (tertiary/aromatic N) is 1. The lowest BCUT2D eigenvalue weighted by atomic mass is 9.96. The van der Waals surface area contributed by atoms with Crippen LogP contribution in [0.3, 0.4) is 0 Å². The molecule has 0 saturated heterocycles. The van der Waals surface area contributed by atoms with E-state index in [1.54, 1.807) is 30.5 Å². The van der Waals surface area contributed by atoms with Crippen molar-refractivity contribution >= 4 is 46.5 Å². The molecular weight excluding hydrogens is 883 g/mol. The van der Waals surface area contributed by atoms with Crippen molar-refractivity contribution in [2.45, 2.75) is 95.0 Å². The highest BCUT2D eigenvalue weighted by atomic mass is 16.6. The van der Waals surface area contributed by atoms with Crippen molar-refractivity contribution in [2.75, 3.05) is 6.61 Å². The summed E-state index contributed by atoms with van der Waals surface area (Å²) in [5.74, 6) is -3.16. The third-order valence-electron chi connectivity index (χ3n) is 11.7. The predicted octanol–water partition coefficient (Wildman–Crippen LogP) is 3.81. The van der Waals surface area contributed by atoms with Gasteiger partial charge in [0.25, 0.3) is 0 Å². The molecule has 2 heterocycles. The number of H-pyrrole nitrogens is 2. The van der Waals surface area contributed by atoms with Gasteiger partial charge in [0, 0.05) is 48.3 Å². The molecule has 0 aliphatic heterocycles. The van der Waals surface area contributed by atoms with Crippen molar-refractivity contribution in [3.8, 4) is 5.75 Å². The third-order valence-corrected chi connectivity index (χ3v) is 11.7. The first-order chi connectivity index (χ1) is 33.5. The number of para-hydroxylation sites is 1. The monoisotopic (exact) mass is 939 g/mol. The van der Waals surface area contributed by atoms with Crippen molar-refractivity contribution in [2.24, 2.45) is 5.73 Å². The second-order valence-corrected chi connectivity index (χ2v) is 16.9. The first-order valence-electron chi connectivity index (χ1n) is 22.8. The van der Waals surface area contributed by atoms with Gasteiger partial charge in [0.15, 0.2) is 0 Å². The zero-order chi connectivity index (χ0) is 48.5. The number of primary amides is 1. The molecule has 360 valence electrons. The number of amides is 6. The van der Waals surface area contributed by atoms with Crippen LogP contribution in [0.2, 0.25) is 0 Å². The molecule has 1 fully saturated rings. The Balaban J connectivity index is 1.15.